The Kier molecular flexibility index (Phi) is 3.13. The van der Waals surface area contributed by atoms with Crippen LogP contribution in [0.3, 0.4) is 0 Å². The van der Waals surface area contributed by atoms with Crippen LogP contribution in [0.2, 0.25) is 0 Å². The average Bonchev–Trinajstić information content (AvgIpc) is 3.14. The Morgan fingerprint density at radius 2 is 1.64 bits per heavy atom. The van der Waals surface area contributed by atoms with Gasteiger partial charge in [0, 0.05) is 21.0 Å². The first-order chi connectivity index (χ1) is 10.8. The highest BCUT2D eigenvalue weighted by atomic mass is 32.1. The van der Waals surface area contributed by atoms with E-state index in [4.69, 9.17) is 0 Å². The van der Waals surface area contributed by atoms with Crippen LogP contribution in [0.25, 0.3) is 22.1 Å². The molecule has 1 aliphatic heterocycles. The molecule has 0 spiro atoms. The summed E-state index contributed by atoms with van der Waals surface area (Å²) in [6, 6.07) is 22.2. The molecule has 1 amide bonds. The molecule has 3 heteroatoms. The molecule has 2 aromatic carbocycles. The summed E-state index contributed by atoms with van der Waals surface area (Å²) in [7, 11) is 0. The monoisotopic (exact) mass is 303 g/mol. The van der Waals surface area contributed by atoms with Crippen LogP contribution in [0.1, 0.15) is 10.4 Å². The molecule has 0 fully saturated rings. The summed E-state index contributed by atoms with van der Waals surface area (Å²) in [4.78, 5) is 14.4. The van der Waals surface area contributed by atoms with Crippen molar-refractivity contribution in [2.45, 2.75) is 0 Å². The minimum Gasteiger partial charge on any atom is -0.321 e. The number of carbonyl (C=O) groups excluding carboxylic acids is 1. The third kappa shape index (κ3) is 2.26. The van der Waals surface area contributed by atoms with E-state index in [0.717, 1.165) is 21.7 Å². The summed E-state index contributed by atoms with van der Waals surface area (Å²) in [5.74, 6) is -0.0316. The van der Waals surface area contributed by atoms with Crippen LogP contribution in [0, 0.1) is 0 Å². The van der Waals surface area contributed by atoms with Gasteiger partial charge in [0.25, 0.3) is 5.91 Å². The molecule has 0 unspecified atom stereocenters. The fraction of sp³-hybridized carbons (Fsp3) is 0. The van der Waals surface area contributed by atoms with Crippen molar-refractivity contribution in [3.8, 4) is 10.4 Å². The zero-order valence-electron chi connectivity index (χ0n) is 11.7. The molecule has 1 aliphatic rings. The van der Waals surface area contributed by atoms with Crippen molar-refractivity contribution in [1.29, 1.82) is 0 Å². The molecule has 106 valence electrons. The van der Waals surface area contributed by atoms with Crippen molar-refractivity contribution in [2.24, 2.45) is 0 Å². The minimum atomic E-state index is -0.0316. The van der Waals surface area contributed by atoms with Gasteiger partial charge in [-0.2, -0.15) is 0 Å². The topological polar surface area (TPSA) is 29.1 Å². The number of fused-ring (bicyclic) bond motifs is 1. The zero-order chi connectivity index (χ0) is 14.9. The van der Waals surface area contributed by atoms with Gasteiger partial charge in [-0.1, -0.05) is 48.5 Å². The van der Waals surface area contributed by atoms with Crippen LogP contribution in [-0.4, -0.2) is 5.91 Å². The summed E-state index contributed by atoms with van der Waals surface area (Å²) < 4.78 is 0. The van der Waals surface area contributed by atoms with Crippen molar-refractivity contribution in [2.75, 3.05) is 5.32 Å². The third-order valence-corrected chi connectivity index (χ3v) is 4.76. The summed E-state index contributed by atoms with van der Waals surface area (Å²) in [6.07, 6.45) is 1.97. The number of carbonyl (C=O) groups is 1. The van der Waals surface area contributed by atoms with E-state index in [2.05, 4.69) is 29.6 Å². The number of para-hydroxylation sites is 1. The summed E-state index contributed by atoms with van der Waals surface area (Å²) in [5, 5.41) is 2.90. The molecule has 1 N–H and O–H groups in total. The van der Waals surface area contributed by atoms with E-state index >= 15 is 0 Å². The SMILES string of the molecule is O=C1Nc2ccccc2/C1=C/c1ccc(-c2ccccc2)s1. The fourth-order valence-electron chi connectivity index (χ4n) is 2.61. The van der Waals surface area contributed by atoms with Crippen molar-refractivity contribution < 1.29 is 4.79 Å². The van der Waals surface area contributed by atoms with Crippen LogP contribution in [-0.2, 0) is 4.79 Å². The Bertz CT molecular complexity index is 877. The van der Waals surface area contributed by atoms with Crippen molar-refractivity contribution in [1.82, 2.24) is 0 Å². The highest BCUT2D eigenvalue weighted by Gasteiger charge is 2.23. The van der Waals surface area contributed by atoms with Gasteiger partial charge in [0.15, 0.2) is 0 Å². The molecule has 22 heavy (non-hydrogen) atoms. The van der Waals surface area contributed by atoms with Gasteiger partial charge in [-0.15, -0.1) is 11.3 Å². The van der Waals surface area contributed by atoms with E-state index in [1.165, 1.54) is 10.4 Å². The summed E-state index contributed by atoms with van der Waals surface area (Å²) >= 11 is 1.69. The summed E-state index contributed by atoms with van der Waals surface area (Å²) in [5.41, 5.74) is 3.80. The number of rotatable bonds is 2. The summed E-state index contributed by atoms with van der Waals surface area (Å²) in [6.45, 7) is 0. The van der Waals surface area contributed by atoms with Gasteiger partial charge in [-0.3, -0.25) is 4.79 Å². The van der Waals surface area contributed by atoms with E-state index in [-0.39, 0.29) is 5.91 Å². The van der Waals surface area contributed by atoms with Crippen LogP contribution in [0.4, 0.5) is 5.69 Å². The Balaban J connectivity index is 1.72. The maximum Gasteiger partial charge on any atom is 0.256 e. The van der Waals surface area contributed by atoms with E-state index in [1.54, 1.807) is 11.3 Å². The quantitative estimate of drug-likeness (QED) is 0.670. The van der Waals surface area contributed by atoms with E-state index < -0.39 is 0 Å². The fourth-order valence-corrected chi connectivity index (χ4v) is 3.57. The highest BCUT2D eigenvalue weighted by Crippen LogP contribution is 2.35. The molecule has 0 saturated heterocycles. The second kappa shape index (κ2) is 5.28. The zero-order valence-corrected chi connectivity index (χ0v) is 12.6. The molecule has 3 aromatic rings. The molecular weight excluding hydrogens is 290 g/mol. The maximum atomic E-state index is 12.1. The smallest absolute Gasteiger partial charge is 0.256 e. The largest absolute Gasteiger partial charge is 0.321 e. The first-order valence-corrected chi connectivity index (χ1v) is 7.90. The number of benzene rings is 2. The Morgan fingerprint density at radius 1 is 0.864 bits per heavy atom. The molecular formula is C19H13NOS. The highest BCUT2D eigenvalue weighted by molar-refractivity contribution is 7.16. The van der Waals surface area contributed by atoms with E-state index in [9.17, 15) is 4.79 Å². The average molecular weight is 303 g/mol. The van der Waals surface area contributed by atoms with Gasteiger partial charge in [-0.05, 0) is 29.8 Å². The molecule has 0 atom stereocenters. The Hall–Kier alpha value is -2.65. The molecule has 1 aromatic heterocycles. The van der Waals surface area contributed by atoms with Crippen molar-refractivity contribution in [3.63, 3.8) is 0 Å². The standard InChI is InChI=1S/C19H13NOS/c21-19-16(15-8-4-5-9-17(15)20-19)12-14-10-11-18(22-14)13-6-2-1-3-7-13/h1-12H,(H,20,21)/b16-12-. The number of anilines is 1. The molecule has 0 aliphatic carbocycles. The number of hydrogen-bond donors (Lipinski definition) is 1. The Morgan fingerprint density at radius 3 is 2.50 bits per heavy atom. The Labute approximate surface area is 132 Å². The van der Waals surface area contributed by atoms with E-state index in [1.807, 2.05) is 48.5 Å². The van der Waals surface area contributed by atoms with Crippen molar-refractivity contribution >= 4 is 34.6 Å². The van der Waals surface area contributed by atoms with Crippen LogP contribution >= 0.6 is 11.3 Å². The molecule has 2 nitrogen and oxygen atoms in total. The lowest BCUT2D eigenvalue weighted by molar-refractivity contribution is -0.110. The van der Waals surface area contributed by atoms with Gasteiger partial charge < -0.3 is 5.32 Å². The third-order valence-electron chi connectivity index (χ3n) is 3.68. The predicted octanol–water partition coefficient (Wildman–Crippen LogP) is 4.91. The first kappa shape index (κ1) is 13.0. The molecule has 4 rings (SSSR count). The number of thiophene rings is 1. The number of hydrogen-bond acceptors (Lipinski definition) is 2. The molecule has 0 bridgehead atoms. The maximum absolute atomic E-state index is 12.1. The molecule has 0 saturated carbocycles. The number of nitrogens with one attached hydrogen (secondary N) is 1. The van der Waals surface area contributed by atoms with Gasteiger partial charge in [0.2, 0.25) is 0 Å². The lowest BCUT2D eigenvalue weighted by atomic mass is 10.1. The molecule has 2 heterocycles. The number of amides is 1. The van der Waals surface area contributed by atoms with Gasteiger partial charge in [-0.25, -0.2) is 0 Å². The van der Waals surface area contributed by atoms with Crippen LogP contribution in [0.5, 0.6) is 0 Å². The van der Waals surface area contributed by atoms with Gasteiger partial charge >= 0.3 is 0 Å². The van der Waals surface area contributed by atoms with Crippen LogP contribution in [0.15, 0.2) is 66.7 Å². The lowest BCUT2D eigenvalue weighted by Gasteiger charge is -1.96. The first-order valence-electron chi connectivity index (χ1n) is 7.09. The van der Waals surface area contributed by atoms with Crippen LogP contribution < -0.4 is 5.32 Å². The minimum absolute atomic E-state index is 0.0316. The second-order valence-electron chi connectivity index (χ2n) is 5.13. The van der Waals surface area contributed by atoms with Crippen molar-refractivity contribution in [3.05, 3.63) is 77.2 Å². The molecule has 0 radical (unpaired) electrons. The van der Waals surface area contributed by atoms with Gasteiger partial charge in [0.1, 0.15) is 0 Å². The predicted molar refractivity (Wildman–Crippen MR) is 92.7 cm³/mol. The lowest BCUT2D eigenvalue weighted by Crippen LogP contribution is -2.03. The van der Waals surface area contributed by atoms with E-state index in [0.29, 0.717) is 0 Å². The second-order valence-corrected chi connectivity index (χ2v) is 6.24. The normalized spacial score (nSPS) is 14.9. The van der Waals surface area contributed by atoms with Gasteiger partial charge in [0.05, 0.1) is 5.57 Å².